The van der Waals surface area contributed by atoms with Gasteiger partial charge in [-0.15, -0.1) is 0 Å². The average molecular weight is 252 g/mol. The van der Waals surface area contributed by atoms with E-state index in [2.05, 4.69) is 0 Å². The van der Waals surface area contributed by atoms with Crippen molar-refractivity contribution in [2.24, 2.45) is 0 Å². The summed E-state index contributed by atoms with van der Waals surface area (Å²) >= 11 is 0. The molecule has 0 saturated carbocycles. The Balaban J connectivity index is 2.74. The lowest BCUT2D eigenvalue weighted by Gasteiger charge is -2.16. The average Bonchev–Trinajstić information content (AvgIpc) is 2.59. The molecule has 1 heterocycles. The van der Waals surface area contributed by atoms with E-state index >= 15 is 0 Å². The fourth-order valence-corrected chi connectivity index (χ4v) is 2.02. The van der Waals surface area contributed by atoms with Crippen molar-refractivity contribution in [1.82, 2.24) is 0 Å². The standard InChI is InChI=1S/C13H16O5/c1-13(2)12(14)9-10(17-5)7(15-3)6-8(16-4)11(9)18-13/h6H,1-5H3. The summed E-state index contributed by atoms with van der Waals surface area (Å²) in [6, 6.07) is 1.65. The van der Waals surface area contributed by atoms with E-state index in [0.717, 1.165) is 0 Å². The fourth-order valence-electron chi connectivity index (χ4n) is 2.02. The minimum atomic E-state index is -0.921. The van der Waals surface area contributed by atoms with Crippen LogP contribution in [0.1, 0.15) is 24.2 Å². The number of fused-ring (bicyclic) bond motifs is 1. The molecule has 1 aliphatic heterocycles. The summed E-state index contributed by atoms with van der Waals surface area (Å²) < 4.78 is 21.4. The van der Waals surface area contributed by atoms with Crippen LogP contribution in [0.2, 0.25) is 0 Å². The third kappa shape index (κ3) is 1.58. The van der Waals surface area contributed by atoms with Crippen molar-refractivity contribution in [3.8, 4) is 23.0 Å². The maximum atomic E-state index is 12.3. The molecular weight excluding hydrogens is 236 g/mol. The number of Topliss-reactive ketones (excluding diaryl/α,β-unsaturated/α-hetero) is 1. The molecule has 0 fully saturated rings. The third-order valence-electron chi connectivity index (χ3n) is 2.94. The molecule has 0 N–H and O–H groups in total. The third-order valence-corrected chi connectivity index (χ3v) is 2.94. The van der Waals surface area contributed by atoms with Crippen molar-refractivity contribution in [3.05, 3.63) is 11.6 Å². The molecule has 5 nitrogen and oxygen atoms in total. The summed E-state index contributed by atoms with van der Waals surface area (Å²) in [4.78, 5) is 12.3. The quantitative estimate of drug-likeness (QED) is 0.824. The van der Waals surface area contributed by atoms with Crippen molar-refractivity contribution < 1.29 is 23.7 Å². The molecule has 0 aliphatic carbocycles. The van der Waals surface area contributed by atoms with Gasteiger partial charge in [0.05, 0.1) is 21.3 Å². The Morgan fingerprint density at radius 1 is 1.06 bits per heavy atom. The zero-order chi connectivity index (χ0) is 13.5. The van der Waals surface area contributed by atoms with Gasteiger partial charge in [0.15, 0.2) is 28.6 Å². The molecule has 1 aliphatic rings. The minimum absolute atomic E-state index is 0.147. The van der Waals surface area contributed by atoms with Gasteiger partial charge >= 0.3 is 0 Å². The normalized spacial score (nSPS) is 15.9. The molecule has 0 amide bonds. The van der Waals surface area contributed by atoms with Crippen LogP contribution in [0.3, 0.4) is 0 Å². The van der Waals surface area contributed by atoms with E-state index < -0.39 is 5.60 Å². The van der Waals surface area contributed by atoms with Crippen molar-refractivity contribution >= 4 is 5.78 Å². The van der Waals surface area contributed by atoms with Crippen molar-refractivity contribution in [3.63, 3.8) is 0 Å². The Bertz CT molecular complexity index is 505. The van der Waals surface area contributed by atoms with Gasteiger partial charge in [0, 0.05) is 6.07 Å². The molecule has 0 bridgehead atoms. The molecule has 1 aromatic carbocycles. The summed E-state index contributed by atoms with van der Waals surface area (Å²) in [5.41, 5.74) is -0.548. The Kier molecular flexibility index (Phi) is 2.84. The number of carbonyl (C=O) groups is 1. The van der Waals surface area contributed by atoms with Gasteiger partial charge in [-0.05, 0) is 13.8 Å². The van der Waals surface area contributed by atoms with Crippen LogP contribution in [0.4, 0.5) is 0 Å². The zero-order valence-corrected chi connectivity index (χ0v) is 11.1. The van der Waals surface area contributed by atoms with E-state index in [1.54, 1.807) is 19.9 Å². The largest absolute Gasteiger partial charge is 0.493 e. The summed E-state index contributed by atoms with van der Waals surface area (Å²) in [6.07, 6.45) is 0. The Morgan fingerprint density at radius 2 is 1.67 bits per heavy atom. The van der Waals surface area contributed by atoms with Crippen LogP contribution >= 0.6 is 0 Å². The molecule has 2 rings (SSSR count). The lowest BCUT2D eigenvalue weighted by Crippen LogP contribution is -2.32. The van der Waals surface area contributed by atoms with Crippen LogP contribution in [0.5, 0.6) is 23.0 Å². The van der Waals surface area contributed by atoms with Crippen molar-refractivity contribution in [2.45, 2.75) is 19.4 Å². The molecule has 0 aromatic heterocycles. The molecule has 0 saturated heterocycles. The van der Waals surface area contributed by atoms with E-state index in [-0.39, 0.29) is 5.78 Å². The van der Waals surface area contributed by atoms with Gasteiger partial charge in [0.2, 0.25) is 5.78 Å². The first-order valence-electron chi connectivity index (χ1n) is 5.53. The highest BCUT2D eigenvalue weighted by atomic mass is 16.5. The van der Waals surface area contributed by atoms with Gasteiger partial charge in [-0.25, -0.2) is 0 Å². The molecule has 18 heavy (non-hydrogen) atoms. The lowest BCUT2D eigenvalue weighted by atomic mass is 9.98. The second-order valence-electron chi connectivity index (χ2n) is 4.46. The number of hydrogen-bond donors (Lipinski definition) is 0. The number of carbonyl (C=O) groups excluding carboxylic acids is 1. The zero-order valence-electron chi connectivity index (χ0n) is 11.1. The van der Waals surface area contributed by atoms with Gasteiger partial charge in [-0.1, -0.05) is 0 Å². The topological polar surface area (TPSA) is 54.0 Å². The number of ether oxygens (including phenoxy) is 4. The summed E-state index contributed by atoms with van der Waals surface area (Å²) in [5, 5.41) is 0. The number of ketones is 1. The molecule has 0 radical (unpaired) electrons. The van der Waals surface area contributed by atoms with Crippen molar-refractivity contribution in [1.29, 1.82) is 0 Å². The van der Waals surface area contributed by atoms with E-state index in [1.807, 2.05) is 0 Å². The molecule has 1 aromatic rings. The van der Waals surface area contributed by atoms with E-state index in [0.29, 0.717) is 28.6 Å². The maximum absolute atomic E-state index is 12.3. The smallest absolute Gasteiger partial charge is 0.213 e. The fraction of sp³-hybridized carbons (Fsp3) is 0.462. The minimum Gasteiger partial charge on any atom is -0.493 e. The molecule has 5 heteroatoms. The Morgan fingerprint density at radius 3 is 2.17 bits per heavy atom. The maximum Gasteiger partial charge on any atom is 0.213 e. The molecule has 98 valence electrons. The monoisotopic (exact) mass is 252 g/mol. The lowest BCUT2D eigenvalue weighted by molar-refractivity contribution is 0.0678. The Hall–Kier alpha value is -1.91. The second kappa shape index (κ2) is 4.08. The predicted molar refractivity (Wildman–Crippen MR) is 65.1 cm³/mol. The van der Waals surface area contributed by atoms with Gasteiger partial charge < -0.3 is 18.9 Å². The first kappa shape index (κ1) is 12.5. The van der Waals surface area contributed by atoms with Gasteiger partial charge in [0.25, 0.3) is 0 Å². The number of benzene rings is 1. The van der Waals surface area contributed by atoms with Crippen LogP contribution in [-0.4, -0.2) is 32.7 Å². The number of rotatable bonds is 3. The van der Waals surface area contributed by atoms with Crippen LogP contribution in [0.15, 0.2) is 6.07 Å². The summed E-state index contributed by atoms with van der Waals surface area (Å²) in [5.74, 6) is 1.55. The first-order chi connectivity index (χ1) is 8.46. The molecule has 0 unspecified atom stereocenters. The Labute approximate surface area is 106 Å². The number of hydrogen-bond acceptors (Lipinski definition) is 5. The van der Waals surface area contributed by atoms with E-state index in [9.17, 15) is 4.79 Å². The molecule has 0 atom stereocenters. The van der Waals surface area contributed by atoms with Gasteiger partial charge in [-0.3, -0.25) is 4.79 Å². The van der Waals surface area contributed by atoms with E-state index in [4.69, 9.17) is 18.9 Å². The highest BCUT2D eigenvalue weighted by Crippen LogP contribution is 2.50. The number of methoxy groups -OCH3 is 3. The highest BCUT2D eigenvalue weighted by Gasteiger charge is 2.45. The second-order valence-corrected chi connectivity index (χ2v) is 4.46. The van der Waals surface area contributed by atoms with Crippen LogP contribution in [0, 0.1) is 0 Å². The van der Waals surface area contributed by atoms with Gasteiger partial charge in [-0.2, -0.15) is 0 Å². The van der Waals surface area contributed by atoms with Crippen LogP contribution < -0.4 is 18.9 Å². The predicted octanol–water partition coefficient (Wildman–Crippen LogP) is 2.07. The molecular formula is C13H16O5. The first-order valence-corrected chi connectivity index (χ1v) is 5.53. The SMILES string of the molecule is COc1cc(OC)c2c(c1OC)C(=O)C(C)(C)O2. The van der Waals surface area contributed by atoms with Gasteiger partial charge in [0.1, 0.15) is 5.56 Å². The van der Waals surface area contributed by atoms with Crippen molar-refractivity contribution in [2.75, 3.05) is 21.3 Å². The van der Waals surface area contributed by atoms with E-state index in [1.165, 1.54) is 21.3 Å². The summed E-state index contributed by atoms with van der Waals surface area (Å²) in [7, 11) is 4.51. The molecule has 0 spiro atoms. The highest BCUT2D eigenvalue weighted by molar-refractivity contribution is 6.10. The summed E-state index contributed by atoms with van der Waals surface area (Å²) in [6.45, 7) is 3.42. The van der Waals surface area contributed by atoms with Crippen LogP contribution in [0.25, 0.3) is 0 Å². The van der Waals surface area contributed by atoms with Crippen LogP contribution in [-0.2, 0) is 0 Å².